The van der Waals surface area contributed by atoms with Gasteiger partial charge in [0.1, 0.15) is 16.8 Å². The molecule has 178 valence electrons. The van der Waals surface area contributed by atoms with Gasteiger partial charge in [0.05, 0.1) is 12.8 Å². The van der Waals surface area contributed by atoms with Crippen LogP contribution in [0.1, 0.15) is 38.3 Å². The van der Waals surface area contributed by atoms with Crippen molar-refractivity contribution in [3.8, 4) is 5.75 Å². The van der Waals surface area contributed by atoms with E-state index in [1.165, 1.54) is 7.11 Å². The van der Waals surface area contributed by atoms with Crippen LogP contribution in [0, 0.1) is 10.1 Å². The molecule has 3 aromatic rings. The molecule has 0 saturated carbocycles. The molecule has 0 fully saturated rings. The Kier molecular flexibility index (Phi) is 5.59. The van der Waals surface area contributed by atoms with E-state index in [0.29, 0.717) is 22.6 Å². The van der Waals surface area contributed by atoms with Crippen LogP contribution in [0.15, 0.2) is 48.7 Å². The maximum Gasteiger partial charge on any atom is 0.421 e. The molecular weight excluding hydrogens is 438 g/mol. The highest BCUT2D eigenvalue weighted by atomic mass is 16.6. The Balaban J connectivity index is 2.03. The van der Waals surface area contributed by atoms with E-state index in [-0.39, 0.29) is 6.42 Å². The Bertz CT molecular complexity index is 1310. The second kappa shape index (κ2) is 8.16. The predicted molar refractivity (Wildman–Crippen MR) is 127 cm³/mol. The van der Waals surface area contributed by atoms with Crippen molar-refractivity contribution in [2.24, 2.45) is 7.05 Å². The van der Waals surface area contributed by atoms with Crippen LogP contribution in [-0.2, 0) is 22.0 Å². The first-order valence-corrected chi connectivity index (χ1v) is 10.9. The fraction of sp³-hybridized carbons (Fsp3) is 0.360. The first-order chi connectivity index (χ1) is 16.0. The van der Waals surface area contributed by atoms with Crippen molar-refractivity contribution in [3.63, 3.8) is 0 Å². The summed E-state index contributed by atoms with van der Waals surface area (Å²) in [6, 6.07) is 12.5. The van der Waals surface area contributed by atoms with Gasteiger partial charge in [-0.05, 0) is 50.6 Å². The summed E-state index contributed by atoms with van der Waals surface area (Å²) in [7, 11) is 3.35. The molecular formula is C25H27N3O6. The Morgan fingerprint density at radius 1 is 1.15 bits per heavy atom. The number of nitro groups is 1. The number of nitrogens with zero attached hydrogens (tertiary/aromatic N) is 3. The number of imide groups is 1. The SMILES string of the molecule is COc1ccc2c(c1)[C@](CC[N+](=O)[O-])(c1cn(C)c3ccccc13)C(=O)N2C(=O)OC(C)(C)C. The summed E-state index contributed by atoms with van der Waals surface area (Å²) in [5.41, 5.74) is -0.0502. The minimum Gasteiger partial charge on any atom is -0.497 e. The van der Waals surface area contributed by atoms with E-state index in [4.69, 9.17) is 9.47 Å². The average molecular weight is 466 g/mol. The van der Waals surface area contributed by atoms with Crippen LogP contribution in [-0.4, -0.2) is 40.7 Å². The molecule has 2 heterocycles. The summed E-state index contributed by atoms with van der Waals surface area (Å²) in [6.07, 6.45) is 0.851. The smallest absolute Gasteiger partial charge is 0.421 e. The van der Waals surface area contributed by atoms with Crippen LogP contribution in [0.25, 0.3) is 10.9 Å². The zero-order valence-corrected chi connectivity index (χ0v) is 19.8. The van der Waals surface area contributed by atoms with E-state index in [1.54, 1.807) is 39.0 Å². The number of aromatic nitrogens is 1. The molecule has 34 heavy (non-hydrogen) atoms. The average Bonchev–Trinajstić information content (AvgIpc) is 3.23. The first-order valence-electron chi connectivity index (χ1n) is 10.9. The molecule has 0 N–H and O–H groups in total. The van der Waals surface area contributed by atoms with Gasteiger partial charge >= 0.3 is 6.09 Å². The molecule has 0 spiro atoms. The number of aryl methyl sites for hydroxylation is 1. The van der Waals surface area contributed by atoms with Crippen LogP contribution in [0.3, 0.4) is 0 Å². The van der Waals surface area contributed by atoms with Gasteiger partial charge in [0.15, 0.2) is 0 Å². The van der Waals surface area contributed by atoms with E-state index in [9.17, 15) is 19.7 Å². The molecule has 0 saturated heterocycles. The molecule has 9 nitrogen and oxygen atoms in total. The Morgan fingerprint density at radius 3 is 2.50 bits per heavy atom. The van der Waals surface area contributed by atoms with Crippen LogP contribution in [0.5, 0.6) is 5.75 Å². The number of rotatable bonds is 5. The third-order valence-electron chi connectivity index (χ3n) is 6.07. The summed E-state index contributed by atoms with van der Waals surface area (Å²) >= 11 is 0. The van der Waals surface area contributed by atoms with Crippen molar-refractivity contribution in [2.75, 3.05) is 18.6 Å². The standard InChI is InChI=1S/C25H27N3O6/c1-24(2,3)34-23(30)28-21-11-10-16(33-5)14-18(21)25(22(28)29,12-13-27(31)32)19-15-26(4)20-9-7-6-8-17(19)20/h6-11,14-15H,12-13H2,1-5H3/t25-/m1/s1. The number of hydrogen-bond donors (Lipinski definition) is 0. The normalized spacial score (nSPS) is 17.7. The fourth-order valence-electron chi connectivity index (χ4n) is 4.66. The lowest BCUT2D eigenvalue weighted by atomic mass is 9.72. The van der Waals surface area contributed by atoms with Gasteiger partial charge in [0.25, 0.3) is 5.91 Å². The Hall–Kier alpha value is -3.88. The molecule has 1 aliphatic rings. The lowest BCUT2D eigenvalue weighted by Gasteiger charge is -2.28. The topological polar surface area (TPSA) is 104 Å². The van der Waals surface area contributed by atoms with E-state index in [2.05, 4.69) is 0 Å². The van der Waals surface area contributed by atoms with Crippen molar-refractivity contribution in [3.05, 3.63) is 69.9 Å². The van der Waals surface area contributed by atoms with Gasteiger partial charge in [-0.25, -0.2) is 9.69 Å². The second-order valence-corrected chi connectivity index (χ2v) is 9.39. The summed E-state index contributed by atoms with van der Waals surface area (Å²) in [5, 5.41) is 12.3. The van der Waals surface area contributed by atoms with Crippen LogP contribution in [0.2, 0.25) is 0 Å². The highest BCUT2D eigenvalue weighted by molar-refractivity contribution is 6.23. The van der Waals surface area contributed by atoms with Crippen molar-refractivity contribution >= 4 is 28.6 Å². The molecule has 0 unspecified atom stereocenters. The summed E-state index contributed by atoms with van der Waals surface area (Å²) in [6.45, 7) is 4.68. The molecule has 2 aromatic carbocycles. The molecule has 0 bridgehead atoms. The van der Waals surface area contributed by atoms with Crippen molar-refractivity contribution in [1.82, 2.24) is 4.57 Å². The number of carbonyl (C=O) groups excluding carboxylic acids is 2. The van der Waals surface area contributed by atoms with Gasteiger partial charge in [-0.1, -0.05) is 18.2 Å². The lowest BCUT2D eigenvalue weighted by Crippen LogP contribution is -2.46. The van der Waals surface area contributed by atoms with Gasteiger partial charge < -0.3 is 14.0 Å². The van der Waals surface area contributed by atoms with Crippen molar-refractivity contribution < 1.29 is 24.0 Å². The summed E-state index contributed by atoms with van der Waals surface area (Å²) < 4.78 is 12.8. The number of benzene rings is 2. The molecule has 0 radical (unpaired) electrons. The third-order valence-corrected chi connectivity index (χ3v) is 6.07. The molecule has 1 atom stereocenters. The molecule has 4 rings (SSSR count). The van der Waals surface area contributed by atoms with Gasteiger partial charge in [0, 0.05) is 41.1 Å². The zero-order chi connectivity index (χ0) is 24.8. The predicted octanol–water partition coefficient (Wildman–Crippen LogP) is 4.42. The van der Waals surface area contributed by atoms with Crippen molar-refractivity contribution in [2.45, 2.75) is 38.2 Å². The largest absolute Gasteiger partial charge is 0.497 e. The maximum atomic E-state index is 14.2. The van der Waals surface area contributed by atoms with E-state index in [0.717, 1.165) is 15.8 Å². The van der Waals surface area contributed by atoms with Gasteiger partial charge in [-0.3, -0.25) is 14.9 Å². The maximum absolute atomic E-state index is 14.2. The van der Waals surface area contributed by atoms with E-state index in [1.807, 2.05) is 42.1 Å². The van der Waals surface area contributed by atoms with E-state index < -0.39 is 34.5 Å². The number of amides is 2. The van der Waals surface area contributed by atoms with Crippen LogP contribution in [0.4, 0.5) is 10.5 Å². The Morgan fingerprint density at radius 2 is 1.85 bits per heavy atom. The number of ether oxygens (including phenoxy) is 2. The van der Waals surface area contributed by atoms with Gasteiger partial charge in [-0.15, -0.1) is 0 Å². The number of fused-ring (bicyclic) bond motifs is 2. The summed E-state index contributed by atoms with van der Waals surface area (Å²) in [4.78, 5) is 39.5. The number of hydrogen-bond acceptors (Lipinski definition) is 6. The molecule has 2 amide bonds. The number of methoxy groups -OCH3 is 1. The highest BCUT2D eigenvalue weighted by Gasteiger charge is 2.56. The number of carbonyl (C=O) groups is 2. The Labute approximate surface area is 197 Å². The van der Waals surface area contributed by atoms with Gasteiger partial charge in [0.2, 0.25) is 6.54 Å². The zero-order valence-electron chi connectivity index (χ0n) is 19.8. The van der Waals surface area contributed by atoms with Crippen molar-refractivity contribution in [1.29, 1.82) is 0 Å². The fourth-order valence-corrected chi connectivity index (χ4v) is 4.66. The molecule has 1 aromatic heterocycles. The van der Waals surface area contributed by atoms with Gasteiger partial charge in [-0.2, -0.15) is 0 Å². The second-order valence-electron chi connectivity index (χ2n) is 9.39. The molecule has 9 heteroatoms. The molecule has 1 aliphatic heterocycles. The number of anilines is 1. The third kappa shape index (κ3) is 3.67. The minimum absolute atomic E-state index is 0.133. The highest BCUT2D eigenvalue weighted by Crippen LogP contribution is 2.51. The monoisotopic (exact) mass is 465 g/mol. The molecule has 0 aliphatic carbocycles. The van der Waals surface area contributed by atoms with E-state index >= 15 is 0 Å². The number of para-hydroxylation sites is 1. The quantitative estimate of drug-likeness (QED) is 0.408. The van der Waals surface area contributed by atoms with Crippen LogP contribution < -0.4 is 9.64 Å². The minimum atomic E-state index is -1.48. The van der Waals surface area contributed by atoms with Crippen LogP contribution >= 0.6 is 0 Å². The first kappa shape index (κ1) is 23.3. The summed E-state index contributed by atoms with van der Waals surface area (Å²) in [5.74, 6) is -0.105. The lowest BCUT2D eigenvalue weighted by molar-refractivity contribution is -0.481.